The Kier molecular flexibility index (Phi) is 2.74. The summed E-state index contributed by atoms with van der Waals surface area (Å²) in [5.41, 5.74) is 2.41. The highest BCUT2D eigenvalue weighted by Crippen LogP contribution is 2.29. The Morgan fingerprint density at radius 1 is 1.67 bits per heavy atom. The summed E-state index contributed by atoms with van der Waals surface area (Å²) in [5.74, 6) is 0.625. The SMILES string of the molecule is C=C/C(=C\C)N1CCC(C)C1=C. The predicted octanol–water partition coefficient (Wildman–Crippen LogP) is 2.93. The van der Waals surface area contributed by atoms with E-state index in [9.17, 15) is 0 Å². The highest BCUT2D eigenvalue weighted by Gasteiger charge is 2.23. The largest absolute Gasteiger partial charge is 0.346 e. The molecule has 0 amide bonds. The van der Waals surface area contributed by atoms with Gasteiger partial charge in [0.15, 0.2) is 0 Å². The Morgan fingerprint density at radius 3 is 2.67 bits per heavy atom. The van der Waals surface area contributed by atoms with E-state index in [2.05, 4.69) is 31.1 Å². The van der Waals surface area contributed by atoms with Gasteiger partial charge in [-0.1, -0.05) is 26.2 Å². The third kappa shape index (κ3) is 1.45. The van der Waals surface area contributed by atoms with Crippen LogP contribution in [-0.2, 0) is 0 Å². The Bertz CT molecular complexity index is 225. The van der Waals surface area contributed by atoms with Gasteiger partial charge in [0, 0.05) is 17.9 Å². The van der Waals surface area contributed by atoms with E-state index < -0.39 is 0 Å². The molecule has 1 unspecified atom stereocenters. The van der Waals surface area contributed by atoms with Crippen LogP contribution in [0.4, 0.5) is 0 Å². The fourth-order valence-corrected chi connectivity index (χ4v) is 1.58. The molecule has 0 radical (unpaired) electrons. The molecule has 1 aliphatic rings. The number of allylic oxidation sites excluding steroid dienone is 3. The van der Waals surface area contributed by atoms with Gasteiger partial charge >= 0.3 is 0 Å². The molecule has 0 N–H and O–H groups in total. The Hall–Kier alpha value is -0.980. The molecule has 1 heteroatoms. The highest BCUT2D eigenvalue weighted by molar-refractivity contribution is 5.23. The number of nitrogens with zero attached hydrogens (tertiary/aromatic N) is 1. The average Bonchev–Trinajstić information content (AvgIpc) is 2.38. The number of hydrogen-bond acceptors (Lipinski definition) is 1. The molecule has 12 heavy (non-hydrogen) atoms. The molecule has 0 saturated carbocycles. The standard InChI is InChI=1S/C11H17N/c1-5-11(6-2)12-8-7-9(3)10(12)4/h5-6,9H,1,4,7-8H2,2-3H3/b11-6+. The first-order valence-electron chi connectivity index (χ1n) is 4.45. The summed E-state index contributed by atoms with van der Waals surface area (Å²) in [6, 6.07) is 0. The fraction of sp³-hybridized carbons (Fsp3) is 0.455. The molecule has 66 valence electrons. The molecule has 0 aromatic heterocycles. The summed E-state index contributed by atoms with van der Waals surface area (Å²) in [6.07, 6.45) is 5.18. The molecule has 0 aromatic rings. The third-order valence-electron chi connectivity index (χ3n) is 2.52. The minimum absolute atomic E-state index is 0.625. The molecule has 1 saturated heterocycles. The number of rotatable bonds is 2. The first kappa shape index (κ1) is 9.11. The molecule has 1 rings (SSSR count). The molecule has 0 aliphatic carbocycles. The quantitative estimate of drug-likeness (QED) is 0.566. The van der Waals surface area contributed by atoms with Gasteiger partial charge in [0.1, 0.15) is 0 Å². The zero-order valence-electron chi connectivity index (χ0n) is 8.01. The van der Waals surface area contributed by atoms with Crippen molar-refractivity contribution in [3.8, 4) is 0 Å². The van der Waals surface area contributed by atoms with Crippen molar-refractivity contribution in [1.29, 1.82) is 0 Å². The van der Waals surface area contributed by atoms with Gasteiger partial charge in [0.2, 0.25) is 0 Å². The second-order valence-electron chi connectivity index (χ2n) is 3.25. The molecule has 1 fully saturated rings. The lowest BCUT2D eigenvalue weighted by Gasteiger charge is -2.21. The molecule has 1 atom stereocenters. The van der Waals surface area contributed by atoms with Gasteiger partial charge < -0.3 is 4.90 Å². The summed E-state index contributed by atoms with van der Waals surface area (Å²) >= 11 is 0. The smallest absolute Gasteiger partial charge is 0.0358 e. The monoisotopic (exact) mass is 163 g/mol. The van der Waals surface area contributed by atoms with E-state index in [0.29, 0.717) is 5.92 Å². The third-order valence-corrected chi connectivity index (χ3v) is 2.52. The Labute approximate surface area is 75.1 Å². The van der Waals surface area contributed by atoms with E-state index in [4.69, 9.17) is 0 Å². The zero-order valence-corrected chi connectivity index (χ0v) is 8.01. The summed E-state index contributed by atoms with van der Waals surface area (Å²) in [7, 11) is 0. The van der Waals surface area contributed by atoms with Crippen LogP contribution in [0.2, 0.25) is 0 Å². The van der Waals surface area contributed by atoms with Crippen LogP contribution in [0.15, 0.2) is 36.7 Å². The van der Waals surface area contributed by atoms with Crippen molar-refractivity contribution in [2.75, 3.05) is 6.54 Å². The topological polar surface area (TPSA) is 3.24 Å². The van der Waals surface area contributed by atoms with Crippen LogP contribution in [0.3, 0.4) is 0 Å². The minimum Gasteiger partial charge on any atom is -0.346 e. The zero-order chi connectivity index (χ0) is 9.14. The molecular formula is C11H17N. The molecule has 0 spiro atoms. The highest BCUT2D eigenvalue weighted by atomic mass is 15.2. The second kappa shape index (κ2) is 3.61. The van der Waals surface area contributed by atoms with Gasteiger partial charge in [-0.05, 0) is 25.3 Å². The van der Waals surface area contributed by atoms with E-state index in [-0.39, 0.29) is 0 Å². The maximum absolute atomic E-state index is 4.07. The minimum atomic E-state index is 0.625. The molecular weight excluding hydrogens is 146 g/mol. The van der Waals surface area contributed by atoms with Crippen molar-refractivity contribution in [1.82, 2.24) is 4.90 Å². The van der Waals surface area contributed by atoms with Crippen molar-refractivity contribution < 1.29 is 0 Å². The van der Waals surface area contributed by atoms with Crippen LogP contribution in [0, 0.1) is 5.92 Å². The molecule has 0 aromatic carbocycles. The Balaban J connectivity index is 2.77. The maximum Gasteiger partial charge on any atom is 0.0358 e. The maximum atomic E-state index is 4.07. The van der Waals surface area contributed by atoms with Crippen LogP contribution >= 0.6 is 0 Å². The summed E-state index contributed by atoms with van der Waals surface area (Å²) in [6.45, 7) is 13.2. The van der Waals surface area contributed by atoms with Crippen LogP contribution < -0.4 is 0 Å². The van der Waals surface area contributed by atoms with Crippen molar-refractivity contribution in [3.63, 3.8) is 0 Å². The molecule has 1 nitrogen and oxygen atoms in total. The van der Waals surface area contributed by atoms with Crippen molar-refractivity contribution in [3.05, 3.63) is 36.7 Å². The van der Waals surface area contributed by atoms with E-state index in [0.717, 1.165) is 6.54 Å². The Morgan fingerprint density at radius 2 is 2.33 bits per heavy atom. The predicted molar refractivity (Wildman–Crippen MR) is 53.6 cm³/mol. The average molecular weight is 163 g/mol. The van der Waals surface area contributed by atoms with Gasteiger partial charge in [-0.25, -0.2) is 0 Å². The summed E-state index contributed by atoms with van der Waals surface area (Å²) in [4.78, 5) is 2.25. The summed E-state index contributed by atoms with van der Waals surface area (Å²) in [5, 5.41) is 0. The molecule has 1 heterocycles. The second-order valence-corrected chi connectivity index (χ2v) is 3.25. The van der Waals surface area contributed by atoms with Crippen LogP contribution in [0.1, 0.15) is 20.3 Å². The number of hydrogen-bond donors (Lipinski definition) is 0. The van der Waals surface area contributed by atoms with Gasteiger partial charge in [-0.15, -0.1) is 0 Å². The van der Waals surface area contributed by atoms with Gasteiger partial charge in [-0.3, -0.25) is 0 Å². The van der Waals surface area contributed by atoms with Crippen LogP contribution in [0.25, 0.3) is 0 Å². The van der Waals surface area contributed by atoms with E-state index in [1.165, 1.54) is 17.8 Å². The van der Waals surface area contributed by atoms with Gasteiger partial charge in [-0.2, -0.15) is 0 Å². The van der Waals surface area contributed by atoms with E-state index >= 15 is 0 Å². The van der Waals surface area contributed by atoms with Crippen molar-refractivity contribution in [2.45, 2.75) is 20.3 Å². The van der Waals surface area contributed by atoms with Crippen molar-refractivity contribution >= 4 is 0 Å². The first-order chi connectivity index (χ1) is 5.70. The molecule has 0 bridgehead atoms. The van der Waals surface area contributed by atoms with Crippen LogP contribution in [-0.4, -0.2) is 11.4 Å². The van der Waals surface area contributed by atoms with E-state index in [1.54, 1.807) is 0 Å². The lowest BCUT2D eigenvalue weighted by atomic mass is 10.1. The normalized spacial score (nSPS) is 24.8. The first-order valence-corrected chi connectivity index (χ1v) is 4.45. The van der Waals surface area contributed by atoms with Crippen LogP contribution in [0.5, 0.6) is 0 Å². The fourth-order valence-electron chi connectivity index (χ4n) is 1.58. The number of likely N-dealkylation sites (tertiary alicyclic amines) is 1. The lowest BCUT2D eigenvalue weighted by Crippen LogP contribution is -2.15. The van der Waals surface area contributed by atoms with E-state index in [1.807, 2.05) is 13.0 Å². The van der Waals surface area contributed by atoms with Crippen molar-refractivity contribution in [2.24, 2.45) is 5.92 Å². The van der Waals surface area contributed by atoms with Gasteiger partial charge in [0.05, 0.1) is 0 Å². The summed E-state index contributed by atoms with van der Waals surface area (Å²) < 4.78 is 0. The lowest BCUT2D eigenvalue weighted by molar-refractivity contribution is 0.502. The molecule has 1 aliphatic heterocycles. The van der Waals surface area contributed by atoms with Gasteiger partial charge in [0.25, 0.3) is 0 Å².